The van der Waals surface area contributed by atoms with E-state index in [1.165, 1.54) is 31.6 Å². The van der Waals surface area contributed by atoms with Gasteiger partial charge < -0.3 is 13.9 Å². The Balaban J connectivity index is 1.48. The van der Waals surface area contributed by atoms with Crippen molar-refractivity contribution in [3.63, 3.8) is 0 Å². The Morgan fingerprint density at radius 3 is 2.81 bits per heavy atom. The van der Waals surface area contributed by atoms with Crippen LogP contribution in [0.25, 0.3) is 0 Å². The van der Waals surface area contributed by atoms with Crippen LogP contribution in [0.1, 0.15) is 56.5 Å². The molecule has 3 aliphatic carbocycles. The largest absolute Gasteiger partial charge is 0.457 e. The Morgan fingerprint density at radius 1 is 1.26 bits per heavy atom. The molecular weight excluding hydrogens is 344 g/mol. The zero-order chi connectivity index (χ0) is 19.0. The van der Waals surface area contributed by atoms with Crippen molar-refractivity contribution >= 4 is 11.9 Å². The first-order chi connectivity index (χ1) is 13.1. The van der Waals surface area contributed by atoms with Crippen molar-refractivity contribution in [2.24, 2.45) is 29.6 Å². The minimum Gasteiger partial charge on any atom is -0.457 e. The average molecular weight is 372 g/mol. The van der Waals surface area contributed by atoms with Crippen molar-refractivity contribution in [1.82, 2.24) is 0 Å². The molecule has 0 aromatic carbocycles. The molecule has 27 heavy (non-hydrogen) atoms. The van der Waals surface area contributed by atoms with Crippen LogP contribution in [0.4, 0.5) is 0 Å². The van der Waals surface area contributed by atoms with Crippen LogP contribution in [0.3, 0.4) is 0 Å². The quantitative estimate of drug-likeness (QED) is 0.547. The van der Waals surface area contributed by atoms with Crippen molar-refractivity contribution < 1.29 is 23.5 Å². The lowest BCUT2D eigenvalue weighted by Crippen LogP contribution is -2.37. The maximum Gasteiger partial charge on any atom is 0.374 e. The minimum absolute atomic E-state index is 0.198. The van der Waals surface area contributed by atoms with E-state index < -0.39 is 5.97 Å². The van der Waals surface area contributed by atoms with Crippen LogP contribution < -0.4 is 0 Å². The second-order valence-electron chi connectivity index (χ2n) is 8.38. The average Bonchev–Trinajstić information content (AvgIpc) is 3.43. The standard InChI is InChI=1S/C22H28O5/c1-3-13(2)6-9-19(23)26-18-12-16-14-7-8-15(11-14)20(16)21(18)27-22(24)17-5-4-10-25-17/h4-6,9-10,13-16,18,20-21H,3,7-8,11-12H2,1-2H3/b9-6+. The number of furan rings is 1. The Bertz CT molecular complexity index is 706. The predicted molar refractivity (Wildman–Crippen MR) is 98.8 cm³/mol. The number of esters is 2. The van der Waals surface area contributed by atoms with E-state index in [1.807, 2.05) is 6.08 Å². The fourth-order valence-corrected chi connectivity index (χ4v) is 5.38. The van der Waals surface area contributed by atoms with Crippen LogP contribution in [0.2, 0.25) is 0 Å². The van der Waals surface area contributed by atoms with Crippen molar-refractivity contribution in [1.29, 1.82) is 0 Å². The van der Waals surface area contributed by atoms with Gasteiger partial charge in [-0.15, -0.1) is 0 Å². The maximum atomic E-state index is 12.5. The number of hydrogen-bond acceptors (Lipinski definition) is 5. The van der Waals surface area contributed by atoms with Gasteiger partial charge in [-0.05, 0) is 61.5 Å². The van der Waals surface area contributed by atoms with Crippen molar-refractivity contribution in [3.05, 3.63) is 36.3 Å². The van der Waals surface area contributed by atoms with Crippen LogP contribution in [-0.2, 0) is 14.3 Å². The van der Waals surface area contributed by atoms with E-state index in [0.29, 0.717) is 29.6 Å². The third-order valence-corrected chi connectivity index (χ3v) is 6.85. The first-order valence-electron chi connectivity index (χ1n) is 10.2. The van der Waals surface area contributed by atoms with Gasteiger partial charge in [-0.2, -0.15) is 0 Å². The summed E-state index contributed by atoms with van der Waals surface area (Å²) >= 11 is 0. The second-order valence-corrected chi connectivity index (χ2v) is 8.38. The van der Waals surface area contributed by atoms with Crippen molar-refractivity contribution in [3.8, 4) is 0 Å². The summed E-state index contributed by atoms with van der Waals surface area (Å²) in [5.74, 6) is 1.79. The summed E-state index contributed by atoms with van der Waals surface area (Å²) < 4.78 is 16.8. The van der Waals surface area contributed by atoms with Gasteiger partial charge in [-0.3, -0.25) is 0 Å². The van der Waals surface area contributed by atoms with Gasteiger partial charge >= 0.3 is 11.9 Å². The fourth-order valence-electron chi connectivity index (χ4n) is 5.38. The Hall–Kier alpha value is -2.04. The molecule has 4 rings (SSSR count). The number of fused-ring (bicyclic) bond motifs is 5. The number of carbonyl (C=O) groups excluding carboxylic acids is 2. The monoisotopic (exact) mass is 372 g/mol. The summed E-state index contributed by atoms with van der Waals surface area (Å²) in [6, 6.07) is 3.27. The molecule has 7 unspecified atom stereocenters. The van der Waals surface area contributed by atoms with Crippen molar-refractivity contribution in [2.45, 2.75) is 58.2 Å². The molecule has 0 saturated heterocycles. The highest BCUT2D eigenvalue weighted by Crippen LogP contribution is 2.59. The van der Waals surface area contributed by atoms with Gasteiger partial charge in [0, 0.05) is 12.0 Å². The van der Waals surface area contributed by atoms with Gasteiger partial charge in [0.05, 0.1) is 6.26 Å². The highest BCUT2D eigenvalue weighted by atomic mass is 16.6. The highest BCUT2D eigenvalue weighted by Gasteiger charge is 2.59. The highest BCUT2D eigenvalue weighted by molar-refractivity contribution is 5.86. The van der Waals surface area contributed by atoms with Gasteiger partial charge in [0.15, 0.2) is 0 Å². The molecular formula is C22H28O5. The minimum atomic E-state index is -0.468. The number of ether oxygens (including phenoxy) is 2. The molecule has 0 amide bonds. The van der Waals surface area contributed by atoms with Crippen LogP contribution in [0.15, 0.2) is 35.0 Å². The SMILES string of the molecule is CCC(C)/C=C/C(=O)OC1CC2C3CCC(C3)C2C1OC(=O)c1ccco1. The van der Waals surface area contributed by atoms with Gasteiger partial charge in [0.25, 0.3) is 0 Å². The lowest BCUT2D eigenvalue weighted by molar-refractivity contribution is -0.149. The lowest BCUT2D eigenvalue weighted by Gasteiger charge is -2.29. The molecule has 5 nitrogen and oxygen atoms in total. The molecule has 1 heterocycles. The zero-order valence-electron chi connectivity index (χ0n) is 16.0. The van der Waals surface area contributed by atoms with E-state index in [0.717, 1.165) is 12.8 Å². The van der Waals surface area contributed by atoms with E-state index in [9.17, 15) is 9.59 Å². The second kappa shape index (κ2) is 7.53. The molecule has 3 saturated carbocycles. The Labute approximate surface area is 160 Å². The lowest BCUT2D eigenvalue weighted by atomic mass is 9.81. The van der Waals surface area contributed by atoms with E-state index in [2.05, 4.69) is 13.8 Å². The molecule has 146 valence electrons. The molecule has 1 aromatic heterocycles. The van der Waals surface area contributed by atoms with Gasteiger partial charge in [0.1, 0.15) is 12.2 Å². The van der Waals surface area contributed by atoms with Gasteiger partial charge in [0.2, 0.25) is 5.76 Å². The summed E-state index contributed by atoms with van der Waals surface area (Å²) in [6.45, 7) is 4.15. The first kappa shape index (κ1) is 18.3. The molecule has 3 fully saturated rings. The van der Waals surface area contributed by atoms with E-state index in [1.54, 1.807) is 12.1 Å². The molecule has 7 atom stereocenters. The number of rotatable bonds is 6. The third-order valence-electron chi connectivity index (χ3n) is 6.85. The summed E-state index contributed by atoms with van der Waals surface area (Å²) in [5, 5.41) is 0. The van der Waals surface area contributed by atoms with E-state index in [-0.39, 0.29) is 23.9 Å². The molecule has 1 aromatic rings. The zero-order valence-corrected chi connectivity index (χ0v) is 16.0. The summed E-state index contributed by atoms with van der Waals surface area (Å²) in [7, 11) is 0. The number of hydrogen-bond donors (Lipinski definition) is 0. The van der Waals surface area contributed by atoms with Crippen LogP contribution in [0.5, 0.6) is 0 Å². The normalized spacial score (nSPS) is 35.3. The fraction of sp³-hybridized carbons (Fsp3) is 0.636. The molecule has 0 spiro atoms. The molecule has 3 aliphatic rings. The molecule has 0 aliphatic heterocycles. The molecule has 5 heteroatoms. The van der Waals surface area contributed by atoms with Crippen LogP contribution in [0, 0.1) is 29.6 Å². The predicted octanol–water partition coefficient (Wildman–Crippen LogP) is 4.39. The van der Waals surface area contributed by atoms with Crippen LogP contribution >= 0.6 is 0 Å². The summed E-state index contributed by atoms with van der Waals surface area (Å²) in [6.07, 6.45) is 9.55. The molecule has 2 bridgehead atoms. The smallest absolute Gasteiger partial charge is 0.374 e. The van der Waals surface area contributed by atoms with E-state index in [4.69, 9.17) is 13.9 Å². The summed E-state index contributed by atoms with van der Waals surface area (Å²) in [5.41, 5.74) is 0. The van der Waals surface area contributed by atoms with E-state index >= 15 is 0 Å². The number of carbonyl (C=O) groups is 2. The third kappa shape index (κ3) is 3.56. The molecule has 0 radical (unpaired) electrons. The first-order valence-corrected chi connectivity index (χ1v) is 10.2. The Morgan fingerprint density at radius 2 is 2.07 bits per heavy atom. The summed E-state index contributed by atoms with van der Waals surface area (Å²) in [4.78, 5) is 24.8. The van der Waals surface area contributed by atoms with Gasteiger partial charge in [-0.1, -0.05) is 26.3 Å². The Kier molecular flexibility index (Phi) is 5.11. The van der Waals surface area contributed by atoms with Crippen LogP contribution in [-0.4, -0.2) is 24.1 Å². The maximum absolute atomic E-state index is 12.5. The van der Waals surface area contributed by atoms with Crippen molar-refractivity contribution in [2.75, 3.05) is 0 Å². The topological polar surface area (TPSA) is 65.7 Å². The molecule has 0 N–H and O–H groups in total. The number of allylic oxidation sites excluding steroid dienone is 1. The van der Waals surface area contributed by atoms with Gasteiger partial charge in [-0.25, -0.2) is 9.59 Å².